The van der Waals surface area contributed by atoms with E-state index in [2.05, 4.69) is 5.32 Å². The molecule has 7 nitrogen and oxygen atoms in total. The predicted octanol–water partition coefficient (Wildman–Crippen LogP) is 4.47. The van der Waals surface area contributed by atoms with Gasteiger partial charge in [0.2, 0.25) is 5.91 Å². The third-order valence-corrected chi connectivity index (χ3v) is 7.69. The minimum absolute atomic E-state index is 0.0187. The first-order valence-corrected chi connectivity index (χ1v) is 13.1. The molecular weight excluding hydrogens is 502 g/mol. The lowest BCUT2D eigenvalue weighted by atomic mass is 9.99. The van der Waals surface area contributed by atoms with Crippen molar-refractivity contribution < 1.29 is 31.5 Å². The van der Waals surface area contributed by atoms with Gasteiger partial charge in [-0.2, -0.15) is 0 Å². The minimum Gasteiger partial charge on any atom is -0.493 e. The molecule has 0 unspecified atom stereocenters. The number of nitrogens with one attached hydrogen (secondary N) is 1. The van der Waals surface area contributed by atoms with E-state index in [4.69, 9.17) is 9.47 Å². The SMILES string of the molecule is CCc1ccc(N(CCNC(C)=O)S(=O)(=O)c2ccc(OC)c(OC)c2)c(Cc2c(F)cccc2F)c1. The quantitative estimate of drug-likeness (QED) is 0.394. The highest BCUT2D eigenvalue weighted by Gasteiger charge is 2.28. The van der Waals surface area contributed by atoms with Crippen molar-refractivity contribution in [2.24, 2.45) is 0 Å². The van der Waals surface area contributed by atoms with Gasteiger partial charge in [0.1, 0.15) is 11.6 Å². The normalized spacial score (nSPS) is 11.2. The Bertz CT molecular complexity index is 1360. The van der Waals surface area contributed by atoms with Crippen LogP contribution in [0.1, 0.15) is 30.5 Å². The molecule has 0 spiro atoms. The minimum atomic E-state index is -4.21. The number of methoxy groups -OCH3 is 2. The molecule has 3 aromatic carbocycles. The van der Waals surface area contributed by atoms with Crippen LogP contribution in [0, 0.1) is 11.6 Å². The molecule has 3 aromatic rings. The van der Waals surface area contributed by atoms with Crippen molar-refractivity contribution in [3.63, 3.8) is 0 Å². The number of halogens is 2. The lowest BCUT2D eigenvalue weighted by Crippen LogP contribution is -2.38. The second-order valence-electron chi connectivity index (χ2n) is 8.27. The van der Waals surface area contributed by atoms with Crippen LogP contribution in [-0.4, -0.2) is 41.6 Å². The molecule has 1 N–H and O–H groups in total. The number of hydrogen-bond donors (Lipinski definition) is 1. The fourth-order valence-corrected chi connectivity index (χ4v) is 5.46. The van der Waals surface area contributed by atoms with E-state index in [9.17, 15) is 22.0 Å². The summed E-state index contributed by atoms with van der Waals surface area (Å²) < 4.78 is 68.6. The van der Waals surface area contributed by atoms with E-state index < -0.39 is 21.7 Å². The molecule has 10 heteroatoms. The lowest BCUT2D eigenvalue weighted by molar-refractivity contribution is -0.118. The Morgan fingerprint density at radius 1 is 0.973 bits per heavy atom. The molecule has 1 amide bonds. The summed E-state index contributed by atoms with van der Waals surface area (Å²) in [6.07, 6.45) is 0.473. The van der Waals surface area contributed by atoms with Gasteiger partial charge in [0.25, 0.3) is 10.0 Å². The van der Waals surface area contributed by atoms with Gasteiger partial charge >= 0.3 is 0 Å². The van der Waals surface area contributed by atoms with Crippen LogP contribution in [-0.2, 0) is 27.7 Å². The number of benzene rings is 3. The Morgan fingerprint density at radius 3 is 2.24 bits per heavy atom. The van der Waals surface area contributed by atoms with Crippen LogP contribution in [0.5, 0.6) is 11.5 Å². The average molecular weight is 533 g/mol. The topological polar surface area (TPSA) is 84.9 Å². The molecule has 0 aliphatic rings. The zero-order valence-electron chi connectivity index (χ0n) is 21.2. The number of anilines is 1. The summed E-state index contributed by atoms with van der Waals surface area (Å²) in [6, 6.07) is 13.0. The molecule has 0 aliphatic heterocycles. The Morgan fingerprint density at radius 2 is 1.65 bits per heavy atom. The number of rotatable bonds is 11. The molecule has 0 fully saturated rings. The summed E-state index contributed by atoms with van der Waals surface area (Å²) in [5.41, 5.74) is 1.39. The molecule has 0 bridgehead atoms. The maximum atomic E-state index is 14.6. The Balaban J connectivity index is 2.17. The fourth-order valence-electron chi connectivity index (χ4n) is 3.94. The number of carbonyl (C=O) groups is 1. The second-order valence-corrected chi connectivity index (χ2v) is 10.1. The van der Waals surface area contributed by atoms with Crippen LogP contribution < -0.4 is 19.1 Å². The van der Waals surface area contributed by atoms with Crippen LogP contribution in [0.2, 0.25) is 0 Å². The maximum absolute atomic E-state index is 14.6. The molecule has 198 valence electrons. The molecule has 37 heavy (non-hydrogen) atoms. The largest absolute Gasteiger partial charge is 0.493 e. The van der Waals surface area contributed by atoms with E-state index in [1.165, 1.54) is 45.4 Å². The van der Waals surface area contributed by atoms with Gasteiger partial charge in [0.15, 0.2) is 11.5 Å². The Labute approximate surface area is 216 Å². The fraction of sp³-hybridized carbons (Fsp3) is 0.296. The number of aryl methyl sites for hydroxylation is 1. The number of carbonyl (C=O) groups excluding carboxylic acids is 1. The first kappa shape index (κ1) is 27.9. The monoisotopic (exact) mass is 532 g/mol. The van der Waals surface area contributed by atoms with Gasteiger partial charge in [-0.15, -0.1) is 0 Å². The highest BCUT2D eigenvalue weighted by molar-refractivity contribution is 7.92. The van der Waals surface area contributed by atoms with Gasteiger partial charge in [-0.05, 0) is 47.9 Å². The van der Waals surface area contributed by atoms with Gasteiger partial charge in [-0.3, -0.25) is 9.10 Å². The van der Waals surface area contributed by atoms with Gasteiger partial charge in [-0.1, -0.05) is 25.1 Å². The van der Waals surface area contributed by atoms with E-state index in [0.29, 0.717) is 17.7 Å². The summed E-state index contributed by atoms with van der Waals surface area (Å²) in [6.45, 7) is 3.16. The van der Waals surface area contributed by atoms with Crippen molar-refractivity contribution in [1.82, 2.24) is 5.32 Å². The van der Waals surface area contributed by atoms with Gasteiger partial charge in [0, 0.05) is 31.5 Å². The van der Waals surface area contributed by atoms with E-state index >= 15 is 0 Å². The molecule has 0 saturated carbocycles. The first-order valence-electron chi connectivity index (χ1n) is 11.7. The van der Waals surface area contributed by atoms with Crippen molar-refractivity contribution in [3.05, 3.63) is 82.9 Å². The number of nitrogens with zero attached hydrogens (tertiary/aromatic N) is 1. The lowest BCUT2D eigenvalue weighted by Gasteiger charge is -2.28. The molecule has 0 heterocycles. The van der Waals surface area contributed by atoms with Crippen LogP contribution in [0.4, 0.5) is 14.5 Å². The van der Waals surface area contributed by atoms with Crippen LogP contribution in [0.15, 0.2) is 59.5 Å². The van der Waals surface area contributed by atoms with Crippen molar-refractivity contribution >= 4 is 21.6 Å². The van der Waals surface area contributed by atoms with Crippen LogP contribution >= 0.6 is 0 Å². The van der Waals surface area contributed by atoms with E-state index in [-0.39, 0.29) is 47.3 Å². The van der Waals surface area contributed by atoms with Gasteiger partial charge in [-0.25, -0.2) is 17.2 Å². The maximum Gasteiger partial charge on any atom is 0.264 e. The van der Waals surface area contributed by atoms with Crippen molar-refractivity contribution in [3.8, 4) is 11.5 Å². The van der Waals surface area contributed by atoms with E-state index in [1.54, 1.807) is 18.2 Å². The third-order valence-electron chi connectivity index (χ3n) is 5.88. The Hall–Kier alpha value is -3.66. The smallest absolute Gasteiger partial charge is 0.264 e. The molecular formula is C27H30F2N2O5S. The molecule has 0 atom stereocenters. The van der Waals surface area contributed by atoms with Crippen LogP contribution in [0.3, 0.4) is 0 Å². The zero-order valence-corrected chi connectivity index (χ0v) is 22.0. The molecule has 0 saturated heterocycles. The summed E-state index contributed by atoms with van der Waals surface area (Å²) in [5, 5.41) is 2.61. The van der Waals surface area contributed by atoms with Crippen LogP contribution in [0.25, 0.3) is 0 Å². The number of hydrogen-bond acceptors (Lipinski definition) is 5. The zero-order chi connectivity index (χ0) is 27.2. The Kier molecular flexibility index (Phi) is 9.09. The highest BCUT2D eigenvalue weighted by Crippen LogP contribution is 2.34. The molecule has 0 aliphatic carbocycles. The summed E-state index contributed by atoms with van der Waals surface area (Å²) >= 11 is 0. The van der Waals surface area contributed by atoms with Crippen molar-refractivity contribution in [1.29, 1.82) is 0 Å². The summed E-state index contributed by atoms with van der Waals surface area (Å²) in [7, 11) is -1.37. The second kappa shape index (κ2) is 12.1. The summed E-state index contributed by atoms with van der Waals surface area (Å²) in [5.74, 6) is -1.19. The highest BCUT2D eigenvalue weighted by atomic mass is 32.2. The van der Waals surface area contributed by atoms with E-state index in [0.717, 1.165) is 22.0 Å². The standard InChI is InChI=1S/C27H30F2N2O5S/c1-5-19-9-11-25(20(15-19)16-22-23(28)7-6-8-24(22)29)31(14-13-30-18(2)32)37(33,34)21-10-12-26(35-3)27(17-21)36-4/h6-12,15,17H,5,13-14,16H2,1-4H3,(H,30,32). The average Bonchev–Trinajstić information content (AvgIpc) is 2.88. The molecule has 3 rings (SSSR count). The van der Waals surface area contributed by atoms with E-state index in [1.807, 2.05) is 6.92 Å². The van der Waals surface area contributed by atoms with Gasteiger partial charge in [0.05, 0.1) is 31.3 Å². The van der Waals surface area contributed by atoms with Crippen molar-refractivity contribution in [2.75, 3.05) is 31.6 Å². The molecule has 0 radical (unpaired) electrons. The first-order chi connectivity index (χ1) is 17.6. The summed E-state index contributed by atoms with van der Waals surface area (Å²) in [4.78, 5) is 11.4. The number of ether oxygens (including phenoxy) is 2. The number of amides is 1. The third kappa shape index (κ3) is 6.37. The van der Waals surface area contributed by atoms with Gasteiger partial charge < -0.3 is 14.8 Å². The predicted molar refractivity (Wildman–Crippen MR) is 138 cm³/mol. The number of sulfonamides is 1. The van der Waals surface area contributed by atoms with Crippen molar-refractivity contribution in [2.45, 2.75) is 31.6 Å². The molecule has 0 aromatic heterocycles.